The number of aromatic nitrogens is 1. The maximum absolute atomic E-state index is 10.7. The van der Waals surface area contributed by atoms with Crippen molar-refractivity contribution in [3.8, 4) is 12.1 Å². The number of nitrogens with one attached hydrogen (secondary N) is 1. The highest BCUT2D eigenvalue weighted by atomic mass is 16.3. The lowest BCUT2D eigenvalue weighted by Gasteiger charge is -2.29. The van der Waals surface area contributed by atoms with Crippen LogP contribution in [-0.4, -0.2) is 53.4 Å². The number of aliphatic hydroxyl groups excluding tert-OH is 1. The van der Waals surface area contributed by atoms with Crippen molar-refractivity contribution in [1.29, 1.82) is 10.5 Å². The first-order valence-electron chi connectivity index (χ1n) is 9.17. The number of piperazine rings is 1. The van der Waals surface area contributed by atoms with Crippen LogP contribution < -0.4 is 5.32 Å². The van der Waals surface area contributed by atoms with Gasteiger partial charge in [0.15, 0.2) is 0 Å². The second-order valence-corrected chi connectivity index (χ2v) is 7.00. The van der Waals surface area contributed by atoms with Crippen LogP contribution in [0.1, 0.15) is 11.1 Å². The van der Waals surface area contributed by atoms with Crippen molar-refractivity contribution in [1.82, 2.24) is 14.8 Å². The van der Waals surface area contributed by atoms with Crippen LogP contribution in [0.15, 0.2) is 36.4 Å². The van der Waals surface area contributed by atoms with Gasteiger partial charge < -0.3 is 15.0 Å². The average Bonchev–Trinajstić information content (AvgIpc) is 3.01. The van der Waals surface area contributed by atoms with Gasteiger partial charge in [-0.2, -0.15) is 10.5 Å². The predicted molar refractivity (Wildman–Crippen MR) is 104 cm³/mol. The van der Waals surface area contributed by atoms with Gasteiger partial charge in [-0.1, -0.05) is 0 Å². The molecular formula is C21H21N5O. The minimum Gasteiger partial charge on any atom is -0.390 e. The van der Waals surface area contributed by atoms with E-state index in [0.717, 1.165) is 48.0 Å². The molecule has 0 saturated carbocycles. The van der Waals surface area contributed by atoms with E-state index < -0.39 is 6.10 Å². The molecule has 1 aliphatic heterocycles. The fourth-order valence-corrected chi connectivity index (χ4v) is 3.90. The van der Waals surface area contributed by atoms with E-state index in [1.54, 1.807) is 12.1 Å². The zero-order valence-corrected chi connectivity index (χ0v) is 15.0. The predicted octanol–water partition coefficient (Wildman–Crippen LogP) is 1.80. The Kier molecular flexibility index (Phi) is 4.79. The number of hydrogen-bond donors (Lipinski definition) is 2. The highest BCUT2D eigenvalue weighted by Gasteiger charge is 2.18. The van der Waals surface area contributed by atoms with E-state index in [0.29, 0.717) is 24.2 Å². The first-order chi connectivity index (χ1) is 13.2. The molecule has 0 spiro atoms. The van der Waals surface area contributed by atoms with E-state index in [2.05, 4.69) is 26.9 Å². The number of aliphatic hydroxyl groups is 1. The van der Waals surface area contributed by atoms with E-state index in [1.807, 2.05) is 24.3 Å². The molecule has 27 heavy (non-hydrogen) atoms. The third kappa shape index (κ3) is 3.39. The van der Waals surface area contributed by atoms with Gasteiger partial charge in [-0.3, -0.25) is 4.90 Å². The van der Waals surface area contributed by atoms with Crippen LogP contribution >= 0.6 is 0 Å². The molecule has 1 saturated heterocycles. The molecular weight excluding hydrogens is 338 g/mol. The van der Waals surface area contributed by atoms with Crippen molar-refractivity contribution in [3.05, 3.63) is 47.5 Å². The molecule has 1 fully saturated rings. The molecule has 0 bridgehead atoms. The first kappa shape index (κ1) is 17.5. The van der Waals surface area contributed by atoms with Crippen LogP contribution in [0.3, 0.4) is 0 Å². The van der Waals surface area contributed by atoms with Gasteiger partial charge in [-0.25, -0.2) is 0 Å². The minimum absolute atomic E-state index is 0.474. The molecule has 2 N–H and O–H groups in total. The molecule has 1 unspecified atom stereocenters. The molecule has 0 aliphatic carbocycles. The Hall–Kier alpha value is -2.90. The number of nitrogens with zero attached hydrogens (tertiary/aromatic N) is 4. The molecule has 3 aromatic rings. The lowest BCUT2D eigenvalue weighted by Crippen LogP contribution is -2.46. The van der Waals surface area contributed by atoms with Crippen molar-refractivity contribution in [3.63, 3.8) is 0 Å². The maximum atomic E-state index is 10.7. The third-order valence-electron chi connectivity index (χ3n) is 5.19. The molecule has 2 aromatic carbocycles. The number of nitriles is 2. The van der Waals surface area contributed by atoms with Gasteiger partial charge in [0.2, 0.25) is 0 Å². The van der Waals surface area contributed by atoms with Crippen LogP contribution in [0, 0.1) is 22.7 Å². The zero-order valence-electron chi connectivity index (χ0n) is 15.0. The fraction of sp³-hybridized carbons (Fsp3) is 0.333. The summed E-state index contributed by atoms with van der Waals surface area (Å²) in [5, 5.41) is 34.4. The third-order valence-corrected chi connectivity index (χ3v) is 5.19. The Labute approximate surface area is 157 Å². The van der Waals surface area contributed by atoms with E-state index in [1.165, 1.54) is 0 Å². The summed E-state index contributed by atoms with van der Waals surface area (Å²) in [7, 11) is 0. The highest BCUT2D eigenvalue weighted by molar-refractivity contribution is 6.08. The van der Waals surface area contributed by atoms with Crippen LogP contribution in [-0.2, 0) is 6.54 Å². The molecule has 1 aliphatic rings. The maximum Gasteiger partial charge on any atom is 0.0991 e. The largest absolute Gasteiger partial charge is 0.390 e. The second kappa shape index (κ2) is 7.38. The van der Waals surface area contributed by atoms with Crippen molar-refractivity contribution < 1.29 is 5.11 Å². The normalized spacial score (nSPS) is 16.3. The van der Waals surface area contributed by atoms with Gasteiger partial charge in [0.1, 0.15) is 0 Å². The Morgan fingerprint density at radius 1 is 0.926 bits per heavy atom. The van der Waals surface area contributed by atoms with E-state index in [4.69, 9.17) is 0 Å². The van der Waals surface area contributed by atoms with Crippen LogP contribution in [0.25, 0.3) is 21.8 Å². The Balaban J connectivity index is 1.74. The number of hydrogen-bond acceptors (Lipinski definition) is 5. The Morgan fingerprint density at radius 2 is 1.48 bits per heavy atom. The molecule has 0 radical (unpaired) electrons. The molecule has 0 amide bonds. The quantitative estimate of drug-likeness (QED) is 0.742. The number of fused-ring (bicyclic) bond motifs is 3. The van der Waals surface area contributed by atoms with Crippen LogP contribution in [0.2, 0.25) is 0 Å². The smallest absolute Gasteiger partial charge is 0.0991 e. The Bertz CT molecular complexity index is 995. The summed E-state index contributed by atoms with van der Waals surface area (Å²) in [6, 6.07) is 15.5. The van der Waals surface area contributed by atoms with Crippen molar-refractivity contribution in [2.75, 3.05) is 32.7 Å². The van der Waals surface area contributed by atoms with Gasteiger partial charge in [0, 0.05) is 54.5 Å². The average molecular weight is 359 g/mol. The van der Waals surface area contributed by atoms with Crippen molar-refractivity contribution >= 4 is 21.8 Å². The molecule has 136 valence electrons. The van der Waals surface area contributed by atoms with E-state index in [-0.39, 0.29) is 0 Å². The molecule has 4 rings (SSSR count). The van der Waals surface area contributed by atoms with Crippen molar-refractivity contribution in [2.45, 2.75) is 12.6 Å². The molecule has 6 heteroatoms. The molecule has 6 nitrogen and oxygen atoms in total. The van der Waals surface area contributed by atoms with Gasteiger partial charge in [-0.05, 0) is 36.4 Å². The van der Waals surface area contributed by atoms with E-state index in [9.17, 15) is 15.6 Å². The SMILES string of the molecule is N#Cc1ccc2c(c1)c1cc(C#N)ccc1n2CC(O)CN1CCNCC1. The van der Waals surface area contributed by atoms with E-state index >= 15 is 0 Å². The molecule has 1 atom stereocenters. The van der Waals surface area contributed by atoms with Crippen LogP contribution in [0.5, 0.6) is 0 Å². The zero-order chi connectivity index (χ0) is 18.8. The van der Waals surface area contributed by atoms with Gasteiger partial charge in [0.25, 0.3) is 0 Å². The summed E-state index contributed by atoms with van der Waals surface area (Å²) in [6.07, 6.45) is -0.492. The lowest BCUT2D eigenvalue weighted by molar-refractivity contribution is 0.0936. The Morgan fingerprint density at radius 3 is 2.00 bits per heavy atom. The fourth-order valence-electron chi connectivity index (χ4n) is 3.90. The summed E-state index contributed by atoms with van der Waals surface area (Å²) >= 11 is 0. The first-order valence-corrected chi connectivity index (χ1v) is 9.17. The lowest BCUT2D eigenvalue weighted by atomic mass is 10.1. The highest BCUT2D eigenvalue weighted by Crippen LogP contribution is 2.31. The molecule has 2 heterocycles. The number of benzene rings is 2. The second-order valence-electron chi connectivity index (χ2n) is 7.00. The van der Waals surface area contributed by atoms with Crippen molar-refractivity contribution in [2.24, 2.45) is 0 Å². The summed E-state index contributed by atoms with van der Waals surface area (Å²) in [6.45, 7) is 4.91. The standard InChI is InChI=1S/C21H21N5O/c22-11-15-1-3-20-18(9-15)19-10-16(12-23)2-4-21(19)26(20)14-17(27)13-25-7-5-24-6-8-25/h1-4,9-10,17,24,27H,5-8,13-14H2. The van der Waals surface area contributed by atoms with Gasteiger partial charge in [-0.15, -0.1) is 0 Å². The van der Waals surface area contributed by atoms with Gasteiger partial charge >= 0.3 is 0 Å². The molecule has 1 aromatic heterocycles. The van der Waals surface area contributed by atoms with Gasteiger partial charge in [0.05, 0.1) is 35.9 Å². The number of β-amino-alcohol motifs (C(OH)–C–C–N with tert-alkyl or cyclic N) is 1. The topological polar surface area (TPSA) is 88.0 Å². The summed E-state index contributed by atoms with van der Waals surface area (Å²) in [4.78, 5) is 2.27. The summed E-state index contributed by atoms with van der Waals surface area (Å²) in [5.41, 5.74) is 3.12. The van der Waals surface area contributed by atoms with Crippen LogP contribution in [0.4, 0.5) is 0 Å². The monoisotopic (exact) mass is 359 g/mol. The minimum atomic E-state index is -0.492. The number of rotatable bonds is 4. The summed E-state index contributed by atoms with van der Waals surface area (Å²) in [5.74, 6) is 0. The summed E-state index contributed by atoms with van der Waals surface area (Å²) < 4.78 is 2.10.